The monoisotopic (exact) mass is 385 g/mol. The van der Waals surface area contributed by atoms with Crippen molar-refractivity contribution in [2.45, 2.75) is 11.1 Å². The summed E-state index contributed by atoms with van der Waals surface area (Å²) < 4.78 is 60.3. The van der Waals surface area contributed by atoms with Gasteiger partial charge in [0.1, 0.15) is 0 Å². The third kappa shape index (κ3) is 4.18. The number of halogens is 4. The molecule has 0 saturated carbocycles. The number of hydrogen-bond donors (Lipinski definition) is 1. The van der Waals surface area contributed by atoms with Gasteiger partial charge in [-0.3, -0.25) is 10.1 Å². The average Bonchev–Trinajstić information content (AvgIpc) is 2.86. The highest BCUT2D eigenvalue weighted by atomic mass is 35.5. The minimum atomic E-state index is -4.66. The Hall–Kier alpha value is -1.72. The topological polar surface area (TPSA) is 89.0 Å². The fourth-order valence-corrected chi connectivity index (χ4v) is 3.39. The van der Waals surface area contributed by atoms with Crippen molar-refractivity contribution in [3.63, 3.8) is 0 Å². The maximum Gasteiger partial charge on any atom is 0.445 e. The van der Waals surface area contributed by atoms with Crippen LogP contribution in [0, 0.1) is 0 Å². The van der Waals surface area contributed by atoms with E-state index in [9.17, 15) is 26.4 Å². The van der Waals surface area contributed by atoms with E-state index in [1.807, 2.05) is 0 Å². The lowest BCUT2D eigenvalue weighted by Crippen LogP contribution is -2.12. The average molecular weight is 386 g/mol. The molecule has 1 heterocycles. The van der Waals surface area contributed by atoms with E-state index in [-0.39, 0.29) is 31.9 Å². The maximum absolute atomic E-state index is 12.4. The molecule has 2 aromatic rings. The van der Waals surface area contributed by atoms with Gasteiger partial charge in [0.25, 0.3) is 5.91 Å². The number of nitrogens with zero attached hydrogens (tertiary/aromatic N) is 2. The number of rotatable bonds is 3. The van der Waals surface area contributed by atoms with E-state index < -0.39 is 26.9 Å². The van der Waals surface area contributed by atoms with Crippen molar-refractivity contribution < 1.29 is 26.4 Å². The molecule has 0 fully saturated rings. The van der Waals surface area contributed by atoms with Crippen LogP contribution in [0.15, 0.2) is 23.1 Å². The molecule has 6 nitrogen and oxygen atoms in total. The lowest BCUT2D eigenvalue weighted by molar-refractivity contribution is -0.138. The number of carbonyl (C=O) groups is 1. The van der Waals surface area contributed by atoms with Gasteiger partial charge in [0.15, 0.2) is 9.84 Å². The van der Waals surface area contributed by atoms with Crippen LogP contribution in [0.5, 0.6) is 0 Å². The van der Waals surface area contributed by atoms with Gasteiger partial charge in [-0.25, -0.2) is 8.42 Å². The zero-order valence-electron chi connectivity index (χ0n) is 11.2. The lowest BCUT2D eigenvalue weighted by atomic mass is 10.2. The number of alkyl halides is 3. The molecule has 0 aliphatic heterocycles. The Labute approximate surface area is 137 Å². The predicted molar refractivity (Wildman–Crippen MR) is 77.4 cm³/mol. The minimum absolute atomic E-state index is 0.0701. The van der Waals surface area contributed by atoms with Gasteiger partial charge in [0, 0.05) is 11.8 Å². The first kappa shape index (κ1) is 17.6. The zero-order chi connectivity index (χ0) is 17.4. The molecule has 1 aromatic carbocycles. The second-order valence-electron chi connectivity index (χ2n) is 4.28. The van der Waals surface area contributed by atoms with E-state index in [4.69, 9.17) is 11.6 Å². The summed E-state index contributed by atoms with van der Waals surface area (Å²) in [6, 6.07) is 3.46. The Bertz CT molecular complexity index is 865. The zero-order valence-corrected chi connectivity index (χ0v) is 13.6. The Morgan fingerprint density at radius 2 is 1.96 bits per heavy atom. The molecule has 0 aliphatic rings. The Balaban J connectivity index is 2.27. The SMILES string of the molecule is CS(=O)(=O)c1cc(C(=O)Nc2nnc(C(F)(F)F)s2)ccc1Cl. The molecule has 0 atom stereocenters. The highest BCUT2D eigenvalue weighted by Gasteiger charge is 2.35. The van der Waals surface area contributed by atoms with Crippen LogP contribution in [0.2, 0.25) is 5.02 Å². The Kier molecular flexibility index (Phi) is 4.64. The molecule has 0 bridgehead atoms. The molecule has 1 N–H and O–H groups in total. The summed E-state index contributed by atoms with van der Waals surface area (Å²) in [7, 11) is -3.66. The summed E-state index contributed by atoms with van der Waals surface area (Å²) in [5.41, 5.74) is -0.0985. The Morgan fingerprint density at radius 1 is 1.30 bits per heavy atom. The van der Waals surface area contributed by atoms with Gasteiger partial charge in [-0.05, 0) is 18.2 Å². The highest BCUT2D eigenvalue weighted by Crippen LogP contribution is 2.33. The number of sulfone groups is 1. The van der Waals surface area contributed by atoms with E-state index in [0.717, 1.165) is 12.3 Å². The molecule has 1 amide bonds. The van der Waals surface area contributed by atoms with Crippen LogP contribution in [0.3, 0.4) is 0 Å². The molecule has 0 radical (unpaired) electrons. The van der Waals surface area contributed by atoms with Crippen LogP contribution in [0.4, 0.5) is 18.3 Å². The standard InChI is InChI=1S/C11H7ClF3N3O3S2/c1-23(20,21)7-4-5(2-3-6(7)12)8(19)16-10-18-17-9(22-10)11(13,14)15/h2-4H,1H3,(H,16,18,19). The number of nitrogens with one attached hydrogen (secondary N) is 1. The fourth-order valence-electron chi connectivity index (χ4n) is 1.49. The quantitative estimate of drug-likeness (QED) is 0.877. The number of anilines is 1. The van der Waals surface area contributed by atoms with Crippen molar-refractivity contribution in [2.24, 2.45) is 0 Å². The van der Waals surface area contributed by atoms with Crippen LogP contribution >= 0.6 is 22.9 Å². The Morgan fingerprint density at radius 3 is 2.48 bits per heavy atom. The van der Waals surface area contributed by atoms with Gasteiger partial charge in [0.2, 0.25) is 10.1 Å². The van der Waals surface area contributed by atoms with Gasteiger partial charge in [-0.15, -0.1) is 10.2 Å². The van der Waals surface area contributed by atoms with Gasteiger partial charge in [-0.1, -0.05) is 22.9 Å². The summed E-state index contributed by atoms with van der Waals surface area (Å²) in [6.45, 7) is 0. The predicted octanol–water partition coefficient (Wildman–Crippen LogP) is 2.87. The van der Waals surface area contributed by atoms with Crippen LogP contribution in [-0.4, -0.2) is 30.8 Å². The van der Waals surface area contributed by atoms with Crippen molar-refractivity contribution in [3.8, 4) is 0 Å². The van der Waals surface area contributed by atoms with E-state index >= 15 is 0 Å². The number of carbonyl (C=O) groups excluding carboxylic acids is 1. The highest BCUT2D eigenvalue weighted by molar-refractivity contribution is 7.90. The lowest BCUT2D eigenvalue weighted by Gasteiger charge is -2.05. The van der Waals surface area contributed by atoms with Crippen LogP contribution in [0.1, 0.15) is 15.4 Å². The third-order valence-corrected chi connectivity index (χ3v) is 4.94. The summed E-state index contributed by atoms with van der Waals surface area (Å²) in [4.78, 5) is 11.7. The normalized spacial score (nSPS) is 12.2. The first-order valence-corrected chi connectivity index (χ1v) is 8.79. The van der Waals surface area contributed by atoms with Crippen molar-refractivity contribution in [1.29, 1.82) is 0 Å². The largest absolute Gasteiger partial charge is 0.445 e. The van der Waals surface area contributed by atoms with E-state index in [2.05, 4.69) is 15.5 Å². The molecular weight excluding hydrogens is 379 g/mol. The van der Waals surface area contributed by atoms with E-state index in [0.29, 0.717) is 0 Å². The molecule has 0 unspecified atom stereocenters. The fraction of sp³-hybridized carbons (Fsp3) is 0.182. The summed E-state index contributed by atoms with van der Waals surface area (Å²) in [6.07, 6.45) is -3.75. The third-order valence-electron chi connectivity index (χ3n) is 2.48. The second-order valence-corrected chi connectivity index (χ2v) is 7.65. The molecule has 124 valence electrons. The first-order chi connectivity index (χ1) is 10.5. The maximum atomic E-state index is 12.4. The van der Waals surface area contributed by atoms with Gasteiger partial charge in [0.05, 0.1) is 9.92 Å². The number of amides is 1. The van der Waals surface area contributed by atoms with Crippen molar-refractivity contribution in [3.05, 3.63) is 33.8 Å². The van der Waals surface area contributed by atoms with Gasteiger partial charge < -0.3 is 0 Å². The van der Waals surface area contributed by atoms with E-state index in [1.54, 1.807) is 0 Å². The van der Waals surface area contributed by atoms with Crippen LogP contribution in [-0.2, 0) is 16.0 Å². The molecule has 1 aromatic heterocycles. The van der Waals surface area contributed by atoms with Crippen molar-refractivity contribution >= 4 is 43.8 Å². The van der Waals surface area contributed by atoms with Gasteiger partial charge >= 0.3 is 6.18 Å². The molecular formula is C11H7ClF3N3O3S2. The smallest absolute Gasteiger partial charge is 0.296 e. The molecule has 0 spiro atoms. The summed E-state index contributed by atoms with van der Waals surface area (Å²) in [5.74, 6) is -0.837. The number of benzene rings is 1. The molecule has 2 rings (SSSR count). The molecule has 23 heavy (non-hydrogen) atoms. The van der Waals surface area contributed by atoms with Gasteiger partial charge in [-0.2, -0.15) is 13.2 Å². The summed E-state index contributed by atoms with van der Waals surface area (Å²) >= 11 is 5.90. The molecule has 0 saturated heterocycles. The van der Waals surface area contributed by atoms with Crippen LogP contribution in [0.25, 0.3) is 0 Å². The number of hydrogen-bond acceptors (Lipinski definition) is 6. The summed E-state index contributed by atoms with van der Waals surface area (Å²) in [5, 5.41) is 6.60. The van der Waals surface area contributed by atoms with Crippen molar-refractivity contribution in [1.82, 2.24) is 10.2 Å². The van der Waals surface area contributed by atoms with Crippen LogP contribution < -0.4 is 5.32 Å². The number of aromatic nitrogens is 2. The molecule has 0 aliphatic carbocycles. The van der Waals surface area contributed by atoms with Crippen molar-refractivity contribution in [2.75, 3.05) is 11.6 Å². The second kappa shape index (κ2) is 6.06. The molecule has 12 heteroatoms. The van der Waals surface area contributed by atoms with E-state index in [1.165, 1.54) is 12.1 Å². The minimum Gasteiger partial charge on any atom is -0.296 e. The first-order valence-electron chi connectivity index (χ1n) is 5.70.